The number of amides is 2. The topological polar surface area (TPSA) is 76.7 Å². The number of rotatable bonds is 8. The number of benzene rings is 1. The molecule has 0 unspecified atom stereocenters. The van der Waals surface area contributed by atoms with Crippen LogP contribution in [-0.2, 0) is 9.53 Å². The average molecular weight is 358 g/mol. The summed E-state index contributed by atoms with van der Waals surface area (Å²) in [5.74, 6) is 0.182. The monoisotopic (exact) mass is 358 g/mol. The lowest BCUT2D eigenvalue weighted by Gasteiger charge is -2.29. The number of allylic oxidation sites excluding steroid dienone is 2. The maximum atomic E-state index is 12.6. The fourth-order valence-corrected chi connectivity index (χ4v) is 2.67. The van der Waals surface area contributed by atoms with Crippen molar-refractivity contribution in [2.24, 2.45) is 0 Å². The molecule has 140 valence electrons. The second kappa shape index (κ2) is 9.65. The standard InChI is InChI=1S/C20H26N2O4/c1-4-6-12-25-16-11-9-8-10-15(16)18-17(14(3)21-20(24)22-18)19(23)26-13-7-5-2/h5,7-11,18H,4,6,12-13H2,1-3H3,(H2,21,22,24)/b7-5-/t18-/m1/s1. The van der Waals surface area contributed by atoms with Crippen molar-refractivity contribution >= 4 is 12.0 Å². The molecule has 0 radical (unpaired) electrons. The molecular weight excluding hydrogens is 332 g/mol. The van der Waals surface area contributed by atoms with E-state index in [0.29, 0.717) is 23.6 Å². The Morgan fingerprint density at radius 3 is 2.81 bits per heavy atom. The highest BCUT2D eigenvalue weighted by atomic mass is 16.5. The molecule has 6 nitrogen and oxygen atoms in total. The summed E-state index contributed by atoms with van der Waals surface area (Å²) in [7, 11) is 0. The van der Waals surface area contributed by atoms with Gasteiger partial charge in [0.1, 0.15) is 12.4 Å². The molecule has 0 saturated carbocycles. The summed E-state index contributed by atoms with van der Waals surface area (Å²) < 4.78 is 11.2. The van der Waals surface area contributed by atoms with Gasteiger partial charge in [-0.15, -0.1) is 0 Å². The Morgan fingerprint density at radius 1 is 1.31 bits per heavy atom. The number of unbranched alkanes of at least 4 members (excludes halogenated alkanes) is 1. The SMILES string of the molecule is C/C=C\COC(=O)C1=C(C)NC(=O)N[C@@H]1c1ccccc1OCCCC. The highest BCUT2D eigenvalue weighted by Gasteiger charge is 2.33. The summed E-state index contributed by atoms with van der Waals surface area (Å²) in [6.45, 7) is 6.40. The van der Waals surface area contributed by atoms with Gasteiger partial charge in [0.15, 0.2) is 0 Å². The summed E-state index contributed by atoms with van der Waals surface area (Å²) in [4.78, 5) is 24.6. The zero-order valence-electron chi connectivity index (χ0n) is 15.5. The molecule has 2 rings (SSSR count). The molecule has 0 spiro atoms. The van der Waals surface area contributed by atoms with Gasteiger partial charge in [0.2, 0.25) is 0 Å². The number of nitrogens with one attached hydrogen (secondary N) is 2. The highest BCUT2D eigenvalue weighted by Crippen LogP contribution is 2.33. The van der Waals surface area contributed by atoms with Gasteiger partial charge >= 0.3 is 12.0 Å². The van der Waals surface area contributed by atoms with Crippen LogP contribution in [0.25, 0.3) is 0 Å². The van der Waals surface area contributed by atoms with Crippen molar-refractivity contribution < 1.29 is 19.1 Å². The van der Waals surface area contributed by atoms with E-state index in [-0.39, 0.29) is 12.6 Å². The first-order valence-electron chi connectivity index (χ1n) is 8.86. The molecule has 0 aliphatic carbocycles. The van der Waals surface area contributed by atoms with Crippen LogP contribution in [0.3, 0.4) is 0 Å². The van der Waals surface area contributed by atoms with Gasteiger partial charge in [0.05, 0.1) is 18.2 Å². The highest BCUT2D eigenvalue weighted by molar-refractivity contribution is 5.95. The van der Waals surface area contributed by atoms with Crippen molar-refractivity contribution in [1.29, 1.82) is 0 Å². The van der Waals surface area contributed by atoms with Gasteiger partial charge in [-0.3, -0.25) is 0 Å². The first-order valence-corrected chi connectivity index (χ1v) is 8.86. The van der Waals surface area contributed by atoms with Crippen molar-refractivity contribution in [2.75, 3.05) is 13.2 Å². The molecule has 1 heterocycles. The summed E-state index contributed by atoms with van der Waals surface area (Å²) in [6, 6.07) is 6.43. The van der Waals surface area contributed by atoms with Gasteiger partial charge in [-0.1, -0.05) is 43.7 Å². The third-order valence-electron chi connectivity index (χ3n) is 4.02. The van der Waals surface area contributed by atoms with Crippen LogP contribution in [0, 0.1) is 0 Å². The van der Waals surface area contributed by atoms with E-state index in [2.05, 4.69) is 17.6 Å². The number of carbonyl (C=O) groups excluding carboxylic acids is 2. The number of carbonyl (C=O) groups is 2. The van der Waals surface area contributed by atoms with Crippen LogP contribution in [-0.4, -0.2) is 25.2 Å². The average Bonchev–Trinajstić information content (AvgIpc) is 2.62. The van der Waals surface area contributed by atoms with E-state index in [4.69, 9.17) is 9.47 Å². The smallest absolute Gasteiger partial charge is 0.338 e. The second-order valence-corrected chi connectivity index (χ2v) is 5.98. The lowest BCUT2D eigenvalue weighted by molar-refractivity contribution is -0.138. The second-order valence-electron chi connectivity index (χ2n) is 5.98. The Bertz CT molecular complexity index is 710. The lowest BCUT2D eigenvalue weighted by Crippen LogP contribution is -2.45. The first-order chi connectivity index (χ1) is 12.6. The molecule has 1 aromatic carbocycles. The Morgan fingerprint density at radius 2 is 2.08 bits per heavy atom. The number of ether oxygens (including phenoxy) is 2. The quantitative estimate of drug-likeness (QED) is 0.423. The molecule has 0 aromatic heterocycles. The van der Waals surface area contributed by atoms with E-state index in [9.17, 15) is 9.59 Å². The van der Waals surface area contributed by atoms with E-state index >= 15 is 0 Å². The van der Waals surface area contributed by atoms with Crippen molar-refractivity contribution in [1.82, 2.24) is 10.6 Å². The summed E-state index contributed by atoms with van der Waals surface area (Å²) in [5.41, 5.74) is 1.59. The normalized spacial score (nSPS) is 17.0. The summed E-state index contributed by atoms with van der Waals surface area (Å²) in [5, 5.41) is 5.45. The molecular formula is C20H26N2O4. The van der Waals surface area contributed by atoms with Gasteiger partial charge in [-0.2, -0.15) is 0 Å². The number of hydrogen-bond donors (Lipinski definition) is 2. The van der Waals surface area contributed by atoms with E-state index < -0.39 is 12.0 Å². The van der Waals surface area contributed by atoms with Crippen LogP contribution in [0.2, 0.25) is 0 Å². The molecule has 1 aliphatic heterocycles. The molecule has 0 fully saturated rings. The summed E-state index contributed by atoms with van der Waals surface area (Å²) in [6.07, 6.45) is 5.51. The Labute approximate surface area is 154 Å². The minimum Gasteiger partial charge on any atom is -0.493 e. The van der Waals surface area contributed by atoms with Gasteiger partial charge in [-0.25, -0.2) is 9.59 Å². The Kier molecular flexibility index (Phi) is 7.26. The van der Waals surface area contributed by atoms with E-state index in [1.54, 1.807) is 13.0 Å². The number of hydrogen-bond acceptors (Lipinski definition) is 4. The van der Waals surface area contributed by atoms with Gasteiger partial charge in [0.25, 0.3) is 0 Å². The van der Waals surface area contributed by atoms with Crippen molar-refractivity contribution in [2.45, 2.75) is 39.7 Å². The van der Waals surface area contributed by atoms with E-state index in [1.807, 2.05) is 37.3 Å². The van der Waals surface area contributed by atoms with Crippen LogP contribution < -0.4 is 15.4 Å². The predicted octanol–water partition coefficient (Wildman–Crippen LogP) is 3.61. The van der Waals surface area contributed by atoms with E-state index in [0.717, 1.165) is 18.4 Å². The van der Waals surface area contributed by atoms with Crippen molar-refractivity contribution in [3.8, 4) is 5.75 Å². The maximum Gasteiger partial charge on any atom is 0.338 e. The molecule has 1 aliphatic rings. The van der Waals surface area contributed by atoms with E-state index in [1.165, 1.54) is 0 Å². The summed E-state index contributed by atoms with van der Waals surface area (Å²) >= 11 is 0. The fraction of sp³-hybridized carbons (Fsp3) is 0.400. The molecule has 1 atom stereocenters. The molecule has 1 aromatic rings. The van der Waals surface area contributed by atoms with Crippen LogP contribution in [0.15, 0.2) is 47.7 Å². The van der Waals surface area contributed by atoms with Crippen molar-refractivity contribution in [3.05, 3.63) is 53.3 Å². The van der Waals surface area contributed by atoms with Gasteiger partial charge in [0, 0.05) is 11.3 Å². The number of esters is 1. The zero-order chi connectivity index (χ0) is 18.9. The zero-order valence-corrected chi connectivity index (χ0v) is 15.5. The Balaban J connectivity index is 2.34. The van der Waals surface area contributed by atoms with Crippen LogP contribution in [0.4, 0.5) is 4.79 Å². The third-order valence-corrected chi connectivity index (χ3v) is 4.02. The van der Waals surface area contributed by atoms with Crippen LogP contribution in [0.1, 0.15) is 45.2 Å². The number of urea groups is 1. The molecule has 6 heteroatoms. The molecule has 2 N–H and O–H groups in total. The number of para-hydroxylation sites is 1. The van der Waals surface area contributed by atoms with Crippen LogP contribution >= 0.6 is 0 Å². The van der Waals surface area contributed by atoms with Gasteiger partial charge < -0.3 is 20.1 Å². The Hall–Kier alpha value is -2.76. The fourth-order valence-electron chi connectivity index (χ4n) is 2.67. The predicted molar refractivity (Wildman–Crippen MR) is 99.7 cm³/mol. The minimum atomic E-state index is -0.625. The largest absolute Gasteiger partial charge is 0.493 e. The van der Waals surface area contributed by atoms with Crippen molar-refractivity contribution in [3.63, 3.8) is 0 Å². The third kappa shape index (κ3) is 4.88. The first kappa shape index (κ1) is 19.6. The maximum absolute atomic E-state index is 12.6. The lowest BCUT2D eigenvalue weighted by atomic mass is 9.95. The van der Waals surface area contributed by atoms with Gasteiger partial charge in [-0.05, 0) is 26.3 Å². The molecule has 0 saturated heterocycles. The molecule has 0 bridgehead atoms. The molecule has 2 amide bonds. The van der Waals surface area contributed by atoms with Crippen LogP contribution in [0.5, 0.6) is 5.75 Å². The minimum absolute atomic E-state index is 0.182. The molecule has 26 heavy (non-hydrogen) atoms.